The van der Waals surface area contributed by atoms with E-state index in [-0.39, 0.29) is 18.4 Å². The number of nitrogens with one attached hydrogen (secondary N) is 2. The second kappa shape index (κ2) is 8.73. The normalized spacial score (nSPS) is 12.8. The first kappa shape index (κ1) is 18.9. The SMILES string of the molecule is O=C(Cn1cccn1)Nc1cccc(CNC(=O)c2ccc3c(c2)CCCC3)c1. The number of hydrogen-bond donors (Lipinski definition) is 2. The fourth-order valence-electron chi connectivity index (χ4n) is 3.66. The van der Waals surface area contributed by atoms with Crippen molar-refractivity contribution in [3.05, 3.63) is 83.2 Å². The number of carbonyl (C=O) groups excluding carboxylic acids is 2. The summed E-state index contributed by atoms with van der Waals surface area (Å²) in [6, 6.07) is 15.3. The van der Waals surface area contributed by atoms with Crippen LogP contribution in [0.4, 0.5) is 5.69 Å². The van der Waals surface area contributed by atoms with Crippen LogP contribution in [0.15, 0.2) is 60.9 Å². The van der Waals surface area contributed by atoms with Gasteiger partial charge in [-0.2, -0.15) is 5.10 Å². The molecule has 1 aliphatic rings. The van der Waals surface area contributed by atoms with Crippen molar-refractivity contribution in [3.8, 4) is 0 Å². The molecule has 0 aliphatic heterocycles. The molecule has 6 nitrogen and oxygen atoms in total. The van der Waals surface area contributed by atoms with Gasteiger partial charge in [-0.3, -0.25) is 14.3 Å². The molecule has 1 aromatic heterocycles. The quantitative estimate of drug-likeness (QED) is 0.680. The van der Waals surface area contributed by atoms with Crippen LogP contribution >= 0.6 is 0 Å². The number of anilines is 1. The van der Waals surface area contributed by atoms with E-state index in [1.807, 2.05) is 36.4 Å². The van der Waals surface area contributed by atoms with Crippen molar-refractivity contribution in [2.45, 2.75) is 38.8 Å². The maximum absolute atomic E-state index is 12.6. The average Bonchev–Trinajstić information content (AvgIpc) is 3.24. The monoisotopic (exact) mass is 388 g/mol. The lowest BCUT2D eigenvalue weighted by Crippen LogP contribution is -2.23. The van der Waals surface area contributed by atoms with Crippen LogP contribution in [0.3, 0.4) is 0 Å². The molecule has 0 radical (unpaired) electrons. The molecule has 0 bridgehead atoms. The molecule has 4 rings (SSSR count). The Balaban J connectivity index is 1.34. The van der Waals surface area contributed by atoms with Crippen LogP contribution in [0.5, 0.6) is 0 Å². The van der Waals surface area contributed by atoms with Crippen molar-refractivity contribution in [2.75, 3.05) is 5.32 Å². The van der Waals surface area contributed by atoms with Crippen molar-refractivity contribution >= 4 is 17.5 Å². The number of amides is 2. The van der Waals surface area contributed by atoms with Crippen LogP contribution in [0.25, 0.3) is 0 Å². The molecule has 3 aromatic rings. The number of hydrogen-bond acceptors (Lipinski definition) is 3. The van der Waals surface area contributed by atoms with E-state index in [0.717, 1.165) is 18.4 Å². The maximum Gasteiger partial charge on any atom is 0.251 e. The van der Waals surface area contributed by atoms with Gasteiger partial charge in [0.25, 0.3) is 5.91 Å². The number of carbonyl (C=O) groups is 2. The number of rotatable bonds is 6. The van der Waals surface area contributed by atoms with Crippen LogP contribution < -0.4 is 10.6 Å². The molecule has 1 aliphatic carbocycles. The topological polar surface area (TPSA) is 76.0 Å². The first-order valence-corrected chi connectivity index (χ1v) is 9.93. The van der Waals surface area contributed by atoms with Crippen molar-refractivity contribution < 1.29 is 9.59 Å². The van der Waals surface area contributed by atoms with Crippen LogP contribution in [0.2, 0.25) is 0 Å². The molecule has 6 heteroatoms. The van der Waals surface area contributed by atoms with Gasteiger partial charge >= 0.3 is 0 Å². The third-order valence-electron chi connectivity index (χ3n) is 5.14. The lowest BCUT2D eigenvalue weighted by atomic mass is 9.90. The first-order chi connectivity index (χ1) is 14.2. The second-order valence-electron chi connectivity index (χ2n) is 7.33. The number of benzene rings is 2. The van der Waals surface area contributed by atoms with Gasteiger partial charge in [-0.1, -0.05) is 18.2 Å². The molecule has 1 heterocycles. The van der Waals surface area contributed by atoms with Gasteiger partial charge in [0.2, 0.25) is 5.91 Å². The average molecular weight is 388 g/mol. The van der Waals surface area contributed by atoms with E-state index in [1.165, 1.54) is 24.0 Å². The zero-order chi connectivity index (χ0) is 20.1. The van der Waals surface area contributed by atoms with E-state index in [2.05, 4.69) is 21.8 Å². The fraction of sp³-hybridized carbons (Fsp3) is 0.261. The third-order valence-corrected chi connectivity index (χ3v) is 5.14. The van der Waals surface area contributed by atoms with Crippen LogP contribution in [0.1, 0.15) is 39.9 Å². The minimum Gasteiger partial charge on any atom is -0.348 e. The lowest BCUT2D eigenvalue weighted by molar-refractivity contribution is -0.116. The number of aromatic nitrogens is 2. The molecule has 0 saturated carbocycles. The van der Waals surface area contributed by atoms with Crippen LogP contribution in [0, 0.1) is 0 Å². The van der Waals surface area contributed by atoms with Gasteiger partial charge in [0, 0.05) is 30.2 Å². The van der Waals surface area contributed by atoms with Crippen molar-refractivity contribution in [3.63, 3.8) is 0 Å². The largest absolute Gasteiger partial charge is 0.348 e. The number of aryl methyl sites for hydroxylation is 2. The molecule has 2 amide bonds. The molecular weight excluding hydrogens is 364 g/mol. The molecule has 29 heavy (non-hydrogen) atoms. The van der Waals surface area contributed by atoms with E-state index in [1.54, 1.807) is 23.1 Å². The van der Waals surface area contributed by atoms with Gasteiger partial charge in [-0.25, -0.2) is 0 Å². The van der Waals surface area contributed by atoms with Gasteiger partial charge in [-0.15, -0.1) is 0 Å². The molecule has 2 N–H and O–H groups in total. The van der Waals surface area contributed by atoms with Crippen LogP contribution in [-0.4, -0.2) is 21.6 Å². The summed E-state index contributed by atoms with van der Waals surface area (Å²) in [5, 5.41) is 9.86. The Hall–Kier alpha value is -3.41. The zero-order valence-electron chi connectivity index (χ0n) is 16.2. The van der Waals surface area contributed by atoms with Crippen molar-refractivity contribution in [1.29, 1.82) is 0 Å². The van der Waals surface area contributed by atoms with Crippen molar-refractivity contribution in [1.82, 2.24) is 15.1 Å². The summed E-state index contributed by atoms with van der Waals surface area (Å²) in [6.07, 6.45) is 7.96. The predicted octanol–water partition coefficient (Wildman–Crippen LogP) is 3.33. The van der Waals surface area contributed by atoms with E-state index >= 15 is 0 Å². The molecule has 0 spiro atoms. The Bertz CT molecular complexity index is 1010. The standard InChI is InChI=1S/C23H24N4O2/c28-22(16-27-12-4-11-25-27)26-21-8-3-5-17(13-21)15-24-23(29)20-10-9-18-6-1-2-7-19(18)14-20/h3-5,8-14H,1-2,6-7,15-16H2,(H,24,29)(H,26,28). The molecule has 0 unspecified atom stereocenters. The van der Waals surface area contributed by atoms with Gasteiger partial charge in [0.1, 0.15) is 6.54 Å². The Morgan fingerprint density at radius 2 is 1.86 bits per heavy atom. The summed E-state index contributed by atoms with van der Waals surface area (Å²) in [4.78, 5) is 24.7. The lowest BCUT2D eigenvalue weighted by Gasteiger charge is -2.16. The highest BCUT2D eigenvalue weighted by atomic mass is 16.2. The summed E-state index contributed by atoms with van der Waals surface area (Å²) >= 11 is 0. The zero-order valence-corrected chi connectivity index (χ0v) is 16.2. The van der Waals surface area contributed by atoms with Crippen LogP contribution in [-0.2, 0) is 30.7 Å². The molecule has 0 fully saturated rings. The maximum atomic E-state index is 12.6. The van der Waals surface area contributed by atoms with Crippen molar-refractivity contribution in [2.24, 2.45) is 0 Å². The molecule has 0 saturated heterocycles. The highest BCUT2D eigenvalue weighted by Crippen LogP contribution is 2.22. The fourth-order valence-corrected chi connectivity index (χ4v) is 3.66. The molecule has 2 aromatic carbocycles. The van der Waals surface area contributed by atoms with E-state index in [0.29, 0.717) is 17.8 Å². The minimum absolute atomic E-state index is 0.0773. The summed E-state index contributed by atoms with van der Waals surface area (Å²) in [6.45, 7) is 0.561. The van der Waals surface area contributed by atoms with Gasteiger partial charge in [0.05, 0.1) is 0 Å². The summed E-state index contributed by atoms with van der Waals surface area (Å²) in [5.41, 5.74) is 4.99. The Labute approximate surface area is 169 Å². The smallest absolute Gasteiger partial charge is 0.251 e. The highest BCUT2D eigenvalue weighted by molar-refractivity contribution is 5.94. The van der Waals surface area contributed by atoms with E-state index in [9.17, 15) is 9.59 Å². The molecule has 148 valence electrons. The van der Waals surface area contributed by atoms with E-state index in [4.69, 9.17) is 0 Å². The Morgan fingerprint density at radius 3 is 2.69 bits per heavy atom. The summed E-state index contributed by atoms with van der Waals surface area (Å²) in [7, 11) is 0. The van der Waals surface area contributed by atoms with Gasteiger partial charge in [0.15, 0.2) is 0 Å². The summed E-state index contributed by atoms with van der Waals surface area (Å²) < 4.78 is 1.57. The Morgan fingerprint density at radius 1 is 1.00 bits per heavy atom. The minimum atomic E-state index is -0.149. The molecular formula is C23H24N4O2. The second-order valence-corrected chi connectivity index (χ2v) is 7.33. The predicted molar refractivity (Wildman–Crippen MR) is 112 cm³/mol. The molecule has 0 atom stereocenters. The Kier molecular flexibility index (Phi) is 5.70. The number of nitrogens with zero attached hydrogens (tertiary/aromatic N) is 2. The van der Waals surface area contributed by atoms with E-state index < -0.39 is 0 Å². The third kappa shape index (κ3) is 4.90. The number of fused-ring (bicyclic) bond motifs is 1. The first-order valence-electron chi connectivity index (χ1n) is 9.93. The van der Waals surface area contributed by atoms with Gasteiger partial charge in [-0.05, 0) is 72.7 Å². The van der Waals surface area contributed by atoms with Gasteiger partial charge < -0.3 is 10.6 Å². The highest BCUT2D eigenvalue weighted by Gasteiger charge is 2.13. The summed E-state index contributed by atoms with van der Waals surface area (Å²) in [5.74, 6) is -0.226.